The second kappa shape index (κ2) is 7.77. The van der Waals surface area contributed by atoms with Crippen molar-refractivity contribution in [3.63, 3.8) is 0 Å². The van der Waals surface area contributed by atoms with Gasteiger partial charge < -0.3 is 9.64 Å². The van der Waals surface area contributed by atoms with E-state index in [1.54, 1.807) is 16.6 Å². The van der Waals surface area contributed by atoms with E-state index in [1.807, 2.05) is 6.92 Å². The van der Waals surface area contributed by atoms with Gasteiger partial charge in [-0.15, -0.1) is 0 Å². The first-order chi connectivity index (χ1) is 12.1. The second-order valence-corrected chi connectivity index (χ2v) is 6.51. The lowest BCUT2D eigenvalue weighted by molar-refractivity contribution is -0.134. The third-order valence-corrected chi connectivity index (χ3v) is 4.57. The molecule has 2 aromatic rings. The van der Waals surface area contributed by atoms with E-state index < -0.39 is 0 Å². The van der Waals surface area contributed by atoms with Crippen LogP contribution in [0.2, 0.25) is 0 Å². The quantitative estimate of drug-likeness (QED) is 0.777. The Balaban J connectivity index is 1.74. The standard InChI is InChI=1S/C17H25N5O3/c1-3-7-21(10-13-6-4-5-8-25-13)15(23)11-22-12-18-16-14(17(22)24)9-19-20(16)2/h9,12-13H,3-8,10-11H2,1-2H3. The van der Waals surface area contributed by atoms with E-state index in [1.165, 1.54) is 17.1 Å². The van der Waals surface area contributed by atoms with Crippen LogP contribution in [0.5, 0.6) is 0 Å². The summed E-state index contributed by atoms with van der Waals surface area (Å²) in [5, 5.41) is 4.47. The van der Waals surface area contributed by atoms with Crippen molar-refractivity contribution < 1.29 is 9.53 Å². The van der Waals surface area contributed by atoms with Crippen molar-refractivity contribution >= 4 is 16.9 Å². The van der Waals surface area contributed by atoms with E-state index in [0.29, 0.717) is 24.1 Å². The Hall–Kier alpha value is -2.22. The molecule has 0 N–H and O–H groups in total. The zero-order chi connectivity index (χ0) is 17.8. The van der Waals surface area contributed by atoms with E-state index in [-0.39, 0.29) is 24.1 Å². The number of carbonyl (C=O) groups excluding carboxylic acids is 1. The summed E-state index contributed by atoms with van der Waals surface area (Å²) in [7, 11) is 1.73. The van der Waals surface area contributed by atoms with Crippen molar-refractivity contribution in [1.82, 2.24) is 24.2 Å². The highest BCUT2D eigenvalue weighted by Crippen LogP contribution is 2.14. The van der Waals surface area contributed by atoms with Gasteiger partial charge in [-0.2, -0.15) is 5.10 Å². The Kier molecular flexibility index (Phi) is 5.47. The number of aromatic nitrogens is 4. The van der Waals surface area contributed by atoms with Crippen LogP contribution < -0.4 is 5.56 Å². The molecule has 1 atom stereocenters. The molecule has 1 unspecified atom stereocenters. The van der Waals surface area contributed by atoms with Crippen LogP contribution in [0.15, 0.2) is 17.3 Å². The maximum Gasteiger partial charge on any atom is 0.264 e. The molecule has 8 heteroatoms. The number of aryl methyl sites for hydroxylation is 1. The topological polar surface area (TPSA) is 82.2 Å². The van der Waals surface area contributed by atoms with Crippen LogP contribution in [0.4, 0.5) is 0 Å². The van der Waals surface area contributed by atoms with Gasteiger partial charge >= 0.3 is 0 Å². The Morgan fingerprint density at radius 3 is 3.00 bits per heavy atom. The van der Waals surface area contributed by atoms with Gasteiger partial charge in [0.2, 0.25) is 5.91 Å². The van der Waals surface area contributed by atoms with E-state index in [4.69, 9.17) is 4.74 Å². The summed E-state index contributed by atoms with van der Waals surface area (Å²) >= 11 is 0. The molecular weight excluding hydrogens is 322 g/mol. The average Bonchev–Trinajstić information content (AvgIpc) is 3.00. The van der Waals surface area contributed by atoms with Gasteiger partial charge in [-0.25, -0.2) is 4.98 Å². The Bertz CT molecular complexity index is 791. The first kappa shape index (κ1) is 17.6. The van der Waals surface area contributed by atoms with Crippen molar-refractivity contribution in [2.45, 2.75) is 45.3 Å². The van der Waals surface area contributed by atoms with E-state index in [9.17, 15) is 9.59 Å². The average molecular weight is 347 g/mol. The molecule has 0 bridgehead atoms. The number of nitrogens with zero attached hydrogens (tertiary/aromatic N) is 5. The van der Waals surface area contributed by atoms with E-state index >= 15 is 0 Å². The predicted molar refractivity (Wildman–Crippen MR) is 93.2 cm³/mol. The normalized spacial score (nSPS) is 17.8. The number of rotatable bonds is 6. The lowest BCUT2D eigenvalue weighted by Crippen LogP contribution is -2.42. The number of hydrogen-bond donors (Lipinski definition) is 0. The van der Waals surface area contributed by atoms with Crippen molar-refractivity contribution in [3.8, 4) is 0 Å². The Morgan fingerprint density at radius 2 is 2.28 bits per heavy atom. The highest BCUT2D eigenvalue weighted by atomic mass is 16.5. The maximum atomic E-state index is 12.7. The molecule has 2 aromatic heterocycles. The molecule has 25 heavy (non-hydrogen) atoms. The largest absolute Gasteiger partial charge is 0.376 e. The SMILES string of the molecule is CCCN(CC1CCCCO1)C(=O)Cn1cnc2c(cnn2C)c1=O. The number of fused-ring (bicyclic) bond motifs is 1. The molecule has 0 spiro atoms. The van der Waals surface area contributed by atoms with Gasteiger partial charge in [0.15, 0.2) is 5.65 Å². The van der Waals surface area contributed by atoms with E-state index in [0.717, 1.165) is 32.3 Å². The van der Waals surface area contributed by atoms with E-state index in [2.05, 4.69) is 10.1 Å². The lowest BCUT2D eigenvalue weighted by atomic mass is 10.1. The fraction of sp³-hybridized carbons (Fsp3) is 0.647. The molecule has 1 aliphatic rings. The lowest BCUT2D eigenvalue weighted by Gasteiger charge is -2.30. The predicted octanol–water partition coefficient (Wildman–Crippen LogP) is 0.938. The van der Waals surface area contributed by atoms with Gasteiger partial charge in [0.25, 0.3) is 5.56 Å². The molecule has 1 fully saturated rings. The third kappa shape index (κ3) is 3.89. The fourth-order valence-corrected chi connectivity index (χ4v) is 3.21. The zero-order valence-corrected chi connectivity index (χ0v) is 14.8. The highest BCUT2D eigenvalue weighted by molar-refractivity contribution is 5.77. The first-order valence-electron chi connectivity index (χ1n) is 8.86. The van der Waals surface area contributed by atoms with Crippen molar-refractivity contribution in [2.24, 2.45) is 7.05 Å². The summed E-state index contributed by atoms with van der Waals surface area (Å²) in [5.41, 5.74) is 0.284. The van der Waals surface area contributed by atoms with Gasteiger partial charge in [-0.05, 0) is 25.7 Å². The number of ether oxygens (including phenoxy) is 1. The molecule has 1 amide bonds. The van der Waals surface area contributed by atoms with Crippen LogP contribution in [-0.2, 0) is 23.1 Å². The molecule has 3 rings (SSSR count). The Labute approximate surface area is 146 Å². The maximum absolute atomic E-state index is 12.7. The van der Waals surface area contributed by atoms with Gasteiger partial charge in [0.05, 0.1) is 12.3 Å². The smallest absolute Gasteiger partial charge is 0.264 e. The highest BCUT2D eigenvalue weighted by Gasteiger charge is 2.22. The summed E-state index contributed by atoms with van der Waals surface area (Å²) in [6, 6.07) is 0. The van der Waals surface area contributed by atoms with Gasteiger partial charge in [0.1, 0.15) is 18.3 Å². The summed E-state index contributed by atoms with van der Waals surface area (Å²) in [4.78, 5) is 31.3. The van der Waals surface area contributed by atoms with Crippen LogP contribution in [0.1, 0.15) is 32.6 Å². The molecule has 0 radical (unpaired) electrons. The molecular formula is C17H25N5O3. The molecule has 3 heterocycles. The summed E-state index contributed by atoms with van der Waals surface area (Å²) in [5.74, 6) is -0.0804. The molecule has 8 nitrogen and oxygen atoms in total. The molecule has 1 aliphatic heterocycles. The second-order valence-electron chi connectivity index (χ2n) is 6.51. The molecule has 0 aliphatic carbocycles. The minimum atomic E-state index is -0.239. The minimum absolute atomic E-state index is 0.0105. The van der Waals surface area contributed by atoms with Gasteiger partial charge in [-0.1, -0.05) is 6.92 Å². The first-order valence-corrected chi connectivity index (χ1v) is 8.86. The third-order valence-electron chi connectivity index (χ3n) is 4.57. The van der Waals surface area contributed by atoms with Crippen LogP contribution in [0, 0.1) is 0 Å². The van der Waals surface area contributed by atoms with Crippen LogP contribution in [-0.4, -0.2) is 55.9 Å². The zero-order valence-electron chi connectivity index (χ0n) is 14.8. The molecule has 0 aromatic carbocycles. The Morgan fingerprint density at radius 1 is 1.44 bits per heavy atom. The minimum Gasteiger partial charge on any atom is -0.376 e. The van der Waals surface area contributed by atoms with Gasteiger partial charge in [-0.3, -0.25) is 18.8 Å². The molecule has 1 saturated heterocycles. The van der Waals surface area contributed by atoms with Crippen LogP contribution in [0.3, 0.4) is 0 Å². The molecule has 0 saturated carbocycles. The van der Waals surface area contributed by atoms with Crippen molar-refractivity contribution in [1.29, 1.82) is 0 Å². The fourth-order valence-electron chi connectivity index (χ4n) is 3.21. The van der Waals surface area contributed by atoms with Gasteiger partial charge in [0, 0.05) is 26.7 Å². The summed E-state index contributed by atoms with van der Waals surface area (Å²) in [6.07, 6.45) is 7.09. The number of amides is 1. The molecule has 136 valence electrons. The number of hydrogen-bond acceptors (Lipinski definition) is 5. The van der Waals surface area contributed by atoms with Crippen molar-refractivity contribution in [2.75, 3.05) is 19.7 Å². The van der Waals surface area contributed by atoms with Crippen LogP contribution in [0.25, 0.3) is 11.0 Å². The van der Waals surface area contributed by atoms with Crippen molar-refractivity contribution in [3.05, 3.63) is 22.9 Å². The number of carbonyl (C=O) groups is 1. The monoisotopic (exact) mass is 347 g/mol. The van der Waals surface area contributed by atoms with Crippen LogP contribution >= 0.6 is 0 Å². The summed E-state index contributed by atoms with van der Waals surface area (Å²) < 4.78 is 8.66. The summed E-state index contributed by atoms with van der Waals surface area (Å²) in [6.45, 7) is 4.04.